The fourth-order valence-corrected chi connectivity index (χ4v) is 3.50. The maximum absolute atomic E-state index is 3.45. The van der Waals surface area contributed by atoms with E-state index >= 15 is 0 Å². The van der Waals surface area contributed by atoms with E-state index in [0.29, 0.717) is 0 Å². The van der Waals surface area contributed by atoms with Crippen LogP contribution in [0.15, 0.2) is 108 Å². The molecule has 5 rings (SSSR count). The van der Waals surface area contributed by atoms with Crippen molar-refractivity contribution in [1.29, 1.82) is 0 Å². The molecule has 122 valence electrons. The van der Waals surface area contributed by atoms with Crippen molar-refractivity contribution >= 4 is 27.5 Å². The maximum Gasteiger partial charge on any atom is 0.0542 e. The molecule has 1 aromatic heterocycles. The number of anilines is 1. The number of benzene rings is 3. The molecule has 1 aliphatic rings. The van der Waals surface area contributed by atoms with E-state index in [4.69, 9.17) is 0 Å². The summed E-state index contributed by atoms with van der Waals surface area (Å²) >= 11 is 0. The van der Waals surface area contributed by atoms with Crippen LogP contribution in [0.2, 0.25) is 0 Å². The van der Waals surface area contributed by atoms with Crippen molar-refractivity contribution in [1.82, 2.24) is 4.57 Å². The van der Waals surface area contributed by atoms with Crippen LogP contribution in [0.1, 0.15) is 0 Å². The third-order valence-electron chi connectivity index (χ3n) is 4.63. The molecule has 3 aromatic carbocycles. The number of hydrogen-bond acceptors (Lipinski definition) is 1. The summed E-state index contributed by atoms with van der Waals surface area (Å²) in [7, 11) is 0. The summed E-state index contributed by atoms with van der Waals surface area (Å²) in [5, 5.41) is 5.94. The average molecular weight is 332 g/mol. The topological polar surface area (TPSA) is 17.0 Å². The number of nitrogens with one attached hydrogen (secondary N) is 1. The lowest BCUT2D eigenvalue weighted by atomic mass is 10.1. The van der Waals surface area contributed by atoms with Gasteiger partial charge in [0.05, 0.1) is 11.0 Å². The van der Waals surface area contributed by atoms with Crippen molar-refractivity contribution in [3.8, 4) is 5.69 Å². The predicted octanol–water partition coefficient (Wildman–Crippen LogP) is 5.96. The van der Waals surface area contributed by atoms with Crippen LogP contribution in [0.3, 0.4) is 0 Å². The van der Waals surface area contributed by atoms with Crippen LogP contribution in [0.5, 0.6) is 0 Å². The summed E-state index contributed by atoms with van der Waals surface area (Å²) in [5.41, 5.74) is 11.6. The van der Waals surface area contributed by atoms with Crippen LogP contribution in [0, 0.1) is 0 Å². The van der Waals surface area contributed by atoms with Gasteiger partial charge in [-0.25, -0.2) is 0 Å². The molecule has 0 unspecified atom stereocenters. The number of nitrogens with zero attached hydrogens (tertiary/aromatic N) is 1. The van der Waals surface area contributed by atoms with E-state index in [9.17, 15) is 0 Å². The van der Waals surface area contributed by atoms with Crippen LogP contribution < -0.4 is 5.32 Å². The highest BCUT2D eigenvalue weighted by molar-refractivity contribution is 6.10. The molecule has 0 radical (unpaired) electrons. The highest BCUT2D eigenvalue weighted by Crippen LogP contribution is 2.33. The third-order valence-corrected chi connectivity index (χ3v) is 4.63. The molecule has 1 heterocycles. The smallest absolute Gasteiger partial charge is 0.0542 e. The molecule has 2 nitrogen and oxygen atoms in total. The van der Waals surface area contributed by atoms with Gasteiger partial charge in [0.2, 0.25) is 0 Å². The Bertz CT molecular complexity index is 1260. The molecule has 0 amide bonds. The van der Waals surface area contributed by atoms with Crippen molar-refractivity contribution in [2.45, 2.75) is 0 Å². The molecule has 1 aliphatic carbocycles. The second-order valence-corrected chi connectivity index (χ2v) is 6.27. The van der Waals surface area contributed by atoms with E-state index in [1.165, 1.54) is 27.5 Å². The number of aromatic nitrogens is 1. The molecule has 4 aromatic rings. The van der Waals surface area contributed by atoms with Gasteiger partial charge in [-0.2, -0.15) is 0 Å². The minimum Gasteiger partial charge on any atom is -0.355 e. The Morgan fingerprint density at radius 2 is 1.54 bits per heavy atom. The molecular weight excluding hydrogens is 316 g/mol. The van der Waals surface area contributed by atoms with Crippen LogP contribution in [0.25, 0.3) is 27.5 Å². The summed E-state index contributed by atoms with van der Waals surface area (Å²) < 4.78 is 2.32. The predicted molar refractivity (Wildman–Crippen MR) is 109 cm³/mol. The first-order chi connectivity index (χ1) is 12.9. The van der Waals surface area contributed by atoms with Gasteiger partial charge in [0.15, 0.2) is 0 Å². The largest absolute Gasteiger partial charge is 0.355 e. The molecule has 0 fully saturated rings. The molecule has 1 N–H and O–H groups in total. The van der Waals surface area contributed by atoms with Gasteiger partial charge in [0.25, 0.3) is 0 Å². The van der Waals surface area contributed by atoms with E-state index < -0.39 is 0 Å². The minimum atomic E-state index is 1.01. The standard InChI is InChI=1S/C24H16N2/c1-3-9-18(10-4-1)25-19-15-16-24-22(17-19)21-13-7-8-14-23(21)26(24)20-11-5-2-6-12-20/h2-3,5-17,25H. The fourth-order valence-electron chi connectivity index (χ4n) is 3.50. The van der Waals surface area contributed by atoms with E-state index in [0.717, 1.165) is 11.4 Å². The van der Waals surface area contributed by atoms with Crippen molar-refractivity contribution in [3.63, 3.8) is 0 Å². The number of hydrogen-bond donors (Lipinski definition) is 1. The Kier molecular flexibility index (Phi) is 3.37. The van der Waals surface area contributed by atoms with E-state index in [-0.39, 0.29) is 0 Å². The average Bonchev–Trinajstić information content (AvgIpc) is 3.03. The SMILES string of the molecule is C1=C=CC(Nc2ccc3c(c2)c2ccccc2n3-c2ccccc2)=CC=1. The normalized spacial score (nSPS) is 12.7. The number of allylic oxidation sites excluding steroid dienone is 3. The molecule has 0 spiro atoms. The molecule has 0 saturated heterocycles. The molecule has 2 heteroatoms. The van der Waals surface area contributed by atoms with Crippen molar-refractivity contribution in [2.75, 3.05) is 5.32 Å². The van der Waals surface area contributed by atoms with E-state index in [1.54, 1.807) is 0 Å². The van der Waals surface area contributed by atoms with Crippen LogP contribution in [0.4, 0.5) is 5.69 Å². The monoisotopic (exact) mass is 332 g/mol. The van der Waals surface area contributed by atoms with Gasteiger partial charge >= 0.3 is 0 Å². The Hall–Kier alpha value is -3.70. The van der Waals surface area contributed by atoms with Gasteiger partial charge in [-0.05, 0) is 48.6 Å². The number of para-hydroxylation sites is 2. The van der Waals surface area contributed by atoms with Crippen LogP contribution >= 0.6 is 0 Å². The van der Waals surface area contributed by atoms with Crippen LogP contribution in [-0.4, -0.2) is 4.57 Å². The summed E-state index contributed by atoms with van der Waals surface area (Å²) in [6, 6.07) is 25.6. The second-order valence-electron chi connectivity index (χ2n) is 6.27. The lowest BCUT2D eigenvalue weighted by Gasteiger charge is -2.09. The Labute approximate surface area is 151 Å². The van der Waals surface area contributed by atoms with Gasteiger partial charge in [0.1, 0.15) is 0 Å². The van der Waals surface area contributed by atoms with E-state index in [2.05, 4.69) is 88.1 Å². The maximum atomic E-state index is 3.45. The second kappa shape index (κ2) is 5.98. The van der Waals surface area contributed by atoms with Gasteiger partial charge in [-0.3, -0.25) is 0 Å². The fraction of sp³-hybridized carbons (Fsp3) is 0. The molecule has 0 atom stereocenters. The summed E-state index contributed by atoms with van der Waals surface area (Å²) in [6.45, 7) is 0. The first-order valence-corrected chi connectivity index (χ1v) is 8.63. The van der Waals surface area contributed by atoms with Gasteiger partial charge in [-0.1, -0.05) is 47.9 Å². The zero-order valence-electron chi connectivity index (χ0n) is 14.1. The Balaban J connectivity index is 1.72. The summed E-state index contributed by atoms with van der Waals surface area (Å²) in [6.07, 6.45) is 5.76. The Morgan fingerprint density at radius 1 is 0.731 bits per heavy atom. The molecule has 0 bridgehead atoms. The van der Waals surface area contributed by atoms with Gasteiger partial charge < -0.3 is 9.88 Å². The molecule has 0 saturated carbocycles. The zero-order chi connectivity index (χ0) is 17.3. The first-order valence-electron chi connectivity index (χ1n) is 8.63. The van der Waals surface area contributed by atoms with Gasteiger partial charge in [0, 0.05) is 33.9 Å². The summed E-state index contributed by atoms with van der Waals surface area (Å²) in [4.78, 5) is 0. The lowest BCUT2D eigenvalue weighted by molar-refractivity contribution is 1.18. The lowest BCUT2D eigenvalue weighted by Crippen LogP contribution is -1.97. The summed E-state index contributed by atoms with van der Waals surface area (Å²) in [5.74, 6) is 0. The van der Waals surface area contributed by atoms with Crippen molar-refractivity contribution < 1.29 is 0 Å². The van der Waals surface area contributed by atoms with Gasteiger partial charge in [-0.15, -0.1) is 0 Å². The zero-order valence-corrected chi connectivity index (χ0v) is 14.1. The molecular formula is C24H16N2. The molecule has 0 aliphatic heterocycles. The minimum absolute atomic E-state index is 1.01. The van der Waals surface area contributed by atoms with Crippen LogP contribution in [-0.2, 0) is 0 Å². The van der Waals surface area contributed by atoms with E-state index in [1.807, 2.05) is 24.3 Å². The molecule has 26 heavy (non-hydrogen) atoms. The number of rotatable bonds is 3. The third kappa shape index (κ3) is 2.39. The first kappa shape index (κ1) is 14.6. The van der Waals surface area contributed by atoms with Crippen molar-refractivity contribution in [2.24, 2.45) is 0 Å². The van der Waals surface area contributed by atoms with Crippen molar-refractivity contribution in [3.05, 3.63) is 108 Å². The highest BCUT2D eigenvalue weighted by atomic mass is 15.0. The quantitative estimate of drug-likeness (QED) is 0.458. The highest BCUT2D eigenvalue weighted by Gasteiger charge is 2.12. The number of fused-ring (bicyclic) bond motifs is 3. The Morgan fingerprint density at radius 3 is 2.38 bits per heavy atom.